The Labute approximate surface area is 167 Å². The molecule has 27 heavy (non-hydrogen) atoms. The van der Waals surface area contributed by atoms with E-state index >= 15 is 0 Å². The van der Waals surface area contributed by atoms with Crippen molar-refractivity contribution in [3.05, 3.63) is 58.9 Å². The highest BCUT2D eigenvalue weighted by atomic mass is 16.3. The first-order valence-corrected chi connectivity index (χ1v) is 9.02. The smallest absolute Gasteiger partial charge is 0.227 e. The third-order valence-electron chi connectivity index (χ3n) is 4.92. The first-order valence-electron chi connectivity index (χ1n) is 11.5. The van der Waals surface area contributed by atoms with E-state index in [1.165, 1.54) is 6.92 Å². The van der Waals surface area contributed by atoms with Crippen LogP contribution in [0.5, 0.6) is 0 Å². The van der Waals surface area contributed by atoms with Crippen molar-refractivity contribution >= 4 is 22.1 Å². The van der Waals surface area contributed by atoms with E-state index in [9.17, 15) is 0 Å². The predicted molar refractivity (Wildman–Crippen MR) is 112 cm³/mol. The Morgan fingerprint density at radius 2 is 1.89 bits per heavy atom. The second-order valence-corrected chi connectivity index (χ2v) is 7.29. The Hall–Kier alpha value is -2.68. The summed E-state index contributed by atoms with van der Waals surface area (Å²) >= 11 is 0. The van der Waals surface area contributed by atoms with Gasteiger partial charge in [0.05, 0.1) is 11.1 Å². The van der Waals surface area contributed by atoms with Crippen molar-refractivity contribution in [3.63, 3.8) is 0 Å². The molecule has 1 atom stereocenters. The minimum Gasteiger partial charge on any atom is -0.437 e. The molecule has 0 aliphatic rings. The fourth-order valence-corrected chi connectivity index (χ4v) is 3.59. The van der Waals surface area contributed by atoms with Crippen LogP contribution in [0.15, 0.2) is 40.9 Å². The Kier molecular flexibility index (Phi) is 3.04. The van der Waals surface area contributed by atoms with Crippen molar-refractivity contribution in [1.29, 1.82) is 0 Å². The normalized spacial score (nSPS) is 17.7. The van der Waals surface area contributed by atoms with Gasteiger partial charge in [0.2, 0.25) is 5.71 Å². The third-order valence-corrected chi connectivity index (χ3v) is 4.92. The number of aryl methyl sites for hydroxylation is 2. The number of benzene rings is 1. The van der Waals surface area contributed by atoms with E-state index < -0.39 is 18.6 Å². The lowest BCUT2D eigenvalue weighted by Gasteiger charge is -2.11. The zero-order valence-corrected chi connectivity index (χ0v) is 16.3. The van der Waals surface area contributed by atoms with Gasteiger partial charge in [-0.15, -0.1) is 0 Å². The molecule has 138 valence electrons. The van der Waals surface area contributed by atoms with Crippen molar-refractivity contribution in [2.45, 2.75) is 53.3 Å². The summed E-state index contributed by atoms with van der Waals surface area (Å²) in [6.45, 7) is 6.23. The molecule has 0 saturated carbocycles. The van der Waals surface area contributed by atoms with E-state index in [2.05, 4.69) is 9.97 Å². The van der Waals surface area contributed by atoms with Gasteiger partial charge in [-0.3, -0.25) is 4.98 Å². The van der Waals surface area contributed by atoms with Gasteiger partial charge >= 0.3 is 0 Å². The number of pyridine rings is 2. The molecular formula is C24H26N2O. The molecule has 0 fully saturated rings. The fourth-order valence-electron chi connectivity index (χ4n) is 3.59. The van der Waals surface area contributed by atoms with Crippen LogP contribution in [0.4, 0.5) is 0 Å². The van der Waals surface area contributed by atoms with Crippen LogP contribution in [0.2, 0.25) is 0 Å². The van der Waals surface area contributed by atoms with Crippen molar-refractivity contribution in [2.75, 3.05) is 0 Å². The number of fused-ring (bicyclic) bond motifs is 3. The maximum atomic E-state index is 8.61. The van der Waals surface area contributed by atoms with Crippen LogP contribution >= 0.6 is 0 Å². The average molecular weight is 364 g/mol. The van der Waals surface area contributed by atoms with Crippen LogP contribution in [0, 0.1) is 13.8 Å². The molecule has 3 nitrogen and oxygen atoms in total. The van der Waals surface area contributed by atoms with E-state index in [0.29, 0.717) is 33.7 Å². The fraction of sp³-hybridized carbons (Fsp3) is 0.333. The second-order valence-electron chi connectivity index (χ2n) is 7.29. The Morgan fingerprint density at radius 3 is 2.63 bits per heavy atom. The summed E-state index contributed by atoms with van der Waals surface area (Å²) in [5, 5.41) is 1.63. The van der Waals surface area contributed by atoms with Crippen LogP contribution in [0.1, 0.15) is 68.6 Å². The molecule has 3 heteroatoms. The quantitative estimate of drug-likeness (QED) is 0.397. The van der Waals surface area contributed by atoms with Gasteiger partial charge in [-0.05, 0) is 60.5 Å². The summed E-state index contributed by atoms with van der Waals surface area (Å²) in [5.74, 6) is -2.63. The molecule has 0 spiro atoms. The zero-order valence-electron chi connectivity index (χ0n) is 21.3. The molecule has 3 aromatic heterocycles. The second kappa shape index (κ2) is 6.49. The van der Waals surface area contributed by atoms with Gasteiger partial charge in [0.25, 0.3) is 0 Å². The minimum atomic E-state index is -2.49. The molecule has 4 rings (SSSR count). The summed E-state index contributed by atoms with van der Waals surface area (Å²) in [6, 6.07) is 9.27. The van der Waals surface area contributed by atoms with Crippen molar-refractivity contribution in [2.24, 2.45) is 0 Å². The zero-order chi connectivity index (χ0) is 23.6. The molecule has 0 bridgehead atoms. The van der Waals surface area contributed by atoms with Gasteiger partial charge in [0.1, 0.15) is 5.58 Å². The number of nitrogens with zero attached hydrogens (tertiary/aromatic N) is 2. The highest BCUT2D eigenvalue weighted by Gasteiger charge is 2.19. The lowest BCUT2D eigenvalue weighted by atomic mass is 9.95. The number of rotatable bonds is 3. The SMILES string of the molecule is [2H]C(C)(C)c1cc(C)nc2oc3c(-c4cc(C([2H])(C)C([2H])([2H])[2H])c(C)cn4)cccc3c12. The number of para-hydroxylation sites is 1. The Morgan fingerprint density at radius 1 is 1.07 bits per heavy atom. The molecule has 0 amide bonds. The maximum Gasteiger partial charge on any atom is 0.227 e. The lowest BCUT2D eigenvalue weighted by molar-refractivity contribution is 0.652. The van der Waals surface area contributed by atoms with Gasteiger partial charge in [-0.25, -0.2) is 4.98 Å². The van der Waals surface area contributed by atoms with Gasteiger partial charge in [-0.1, -0.05) is 39.8 Å². The Bertz CT molecular complexity index is 1350. The number of aromatic nitrogens is 2. The van der Waals surface area contributed by atoms with E-state index in [1.54, 1.807) is 19.2 Å². The van der Waals surface area contributed by atoms with Crippen LogP contribution in [-0.4, -0.2) is 9.97 Å². The predicted octanol–water partition coefficient (Wildman–Crippen LogP) is 6.91. The number of furan rings is 1. The molecule has 3 heterocycles. The van der Waals surface area contributed by atoms with Gasteiger partial charge < -0.3 is 4.42 Å². The molecule has 1 aromatic carbocycles. The molecule has 0 saturated heterocycles. The average Bonchev–Trinajstić information content (AvgIpc) is 3.04. The summed E-state index contributed by atoms with van der Waals surface area (Å²) in [6.07, 6.45) is 1.60. The maximum absolute atomic E-state index is 8.61. The minimum absolute atomic E-state index is 0.401. The molecule has 1 unspecified atom stereocenters. The van der Waals surface area contributed by atoms with Crippen molar-refractivity contribution in [3.8, 4) is 11.3 Å². The molecule has 0 N–H and O–H groups in total. The van der Waals surface area contributed by atoms with Crippen molar-refractivity contribution < 1.29 is 11.3 Å². The number of hydrogen-bond acceptors (Lipinski definition) is 3. The van der Waals surface area contributed by atoms with Crippen LogP contribution in [0.3, 0.4) is 0 Å². The van der Waals surface area contributed by atoms with Crippen LogP contribution in [0.25, 0.3) is 33.3 Å². The van der Waals surface area contributed by atoms with Crippen LogP contribution < -0.4 is 0 Å². The van der Waals surface area contributed by atoms with E-state index in [1.807, 2.05) is 45.0 Å². The molecule has 0 aliphatic carbocycles. The summed E-state index contributed by atoms with van der Waals surface area (Å²) in [7, 11) is 0. The van der Waals surface area contributed by atoms with E-state index in [4.69, 9.17) is 11.3 Å². The first kappa shape index (κ1) is 12.7. The van der Waals surface area contributed by atoms with Gasteiger partial charge in [0.15, 0.2) is 0 Å². The topological polar surface area (TPSA) is 38.9 Å². The van der Waals surface area contributed by atoms with Gasteiger partial charge in [0, 0.05) is 29.7 Å². The number of hydrogen-bond donors (Lipinski definition) is 0. The van der Waals surface area contributed by atoms with Gasteiger partial charge in [-0.2, -0.15) is 0 Å². The highest BCUT2D eigenvalue weighted by Crippen LogP contribution is 2.38. The first-order chi connectivity index (χ1) is 14.7. The van der Waals surface area contributed by atoms with Crippen molar-refractivity contribution in [1.82, 2.24) is 9.97 Å². The molecule has 0 radical (unpaired) electrons. The monoisotopic (exact) mass is 363 g/mol. The summed E-state index contributed by atoms with van der Waals surface area (Å²) in [5.41, 5.74) is 4.90. The van der Waals surface area contributed by atoms with Crippen LogP contribution in [-0.2, 0) is 0 Å². The molecular weight excluding hydrogens is 332 g/mol. The standard InChI is InChI=1S/C24H26N2O/c1-13(2)19-11-21(25-12-15(19)5)17-8-7-9-18-22-20(14(3)4)10-16(6)26-24(22)27-23(17)18/h7-14H,1-6H3/i1D3,13D,14D. The van der Waals surface area contributed by atoms with E-state index in [0.717, 1.165) is 22.0 Å². The molecule has 0 aliphatic heterocycles. The highest BCUT2D eigenvalue weighted by molar-refractivity contribution is 6.09. The van der Waals surface area contributed by atoms with E-state index in [-0.39, 0.29) is 0 Å². The Balaban J connectivity index is 2.02. The largest absolute Gasteiger partial charge is 0.437 e. The summed E-state index contributed by atoms with van der Waals surface area (Å²) in [4.78, 5) is 9.08. The summed E-state index contributed by atoms with van der Waals surface area (Å²) < 4.78 is 46.8. The molecule has 4 aromatic rings. The lowest BCUT2D eigenvalue weighted by Crippen LogP contribution is -1.95. The third kappa shape index (κ3) is 2.91.